The number of hydrogen-bond donors (Lipinski definition) is 1. The number of carbonyl (C=O) groups excluding carboxylic acids is 3. The summed E-state index contributed by atoms with van der Waals surface area (Å²) in [6.45, 7) is 12.1. The Kier molecular flexibility index (Phi) is 10.2. The number of benzene rings is 1. The summed E-state index contributed by atoms with van der Waals surface area (Å²) in [5, 5.41) is 6.22. The van der Waals surface area contributed by atoms with E-state index in [9.17, 15) is 14.4 Å². The van der Waals surface area contributed by atoms with E-state index in [1.165, 1.54) is 0 Å². The van der Waals surface area contributed by atoms with Gasteiger partial charge in [-0.15, -0.1) is 11.3 Å². The second-order valence-electron chi connectivity index (χ2n) is 8.92. The van der Waals surface area contributed by atoms with Crippen molar-refractivity contribution >= 4 is 29.5 Å². The van der Waals surface area contributed by atoms with Crippen LogP contribution in [0.4, 0.5) is 0 Å². The van der Waals surface area contributed by atoms with Crippen LogP contribution in [0.5, 0.6) is 0 Å². The average molecular weight is 474 g/mol. The zero-order valence-electron chi connectivity index (χ0n) is 20.2. The van der Waals surface area contributed by atoms with E-state index in [2.05, 4.69) is 15.0 Å². The largest absolute Gasteiger partial charge is 0.462 e. The van der Waals surface area contributed by atoms with E-state index in [0.717, 1.165) is 30.9 Å². The Bertz CT molecular complexity index is 902. The Morgan fingerprint density at radius 3 is 2.39 bits per heavy atom. The van der Waals surface area contributed by atoms with Gasteiger partial charge in [-0.3, -0.25) is 14.4 Å². The van der Waals surface area contributed by atoms with E-state index < -0.39 is 6.04 Å². The highest BCUT2D eigenvalue weighted by molar-refractivity contribution is 7.09. The van der Waals surface area contributed by atoms with Gasteiger partial charge < -0.3 is 15.0 Å². The Labute approximate surface area is 200 Å². The number of amides is 1. The summed E-state index contributed by atoms with van der Waals surface area (Å²) in [5.41, 5.74) is 0.764. The molecule has 7 nitrogen and oxygen atoms in total. The van der Waals surface area contributed by atoms with Crippen molar-refractivity contribution in [1.29, 1.82) is 0 Å². The molecule has 2 aromatic rings. The van der Waals surface area contributed by atoms with Crippen molar-refractivity contribution in [1.82, 2.24) is 15.2 Å². The van der Waals surface area contributed by atoms with Gasteiger partial charge >= 0.3 is 0 Å². The third-order valence-corrected chi connectivity index (χ3v) is 6.35. The van der Waals surface area contributed by atoms with Crippen LogP contribution in [0.3, 0.4) is 0 Å². The van der Waals surface area contributed by atoms with Gasteiger partial charge in [0.2, 0.25) is 0 Å². The second-order valence-corrected chi connectivity index (χ2v) is 9.81. The summed E-state index contributed by atoms with van der Waals surface area (Å²) >= 11 is 1.56. The monoisotopic (exact) mass is 473 g/mol. The smallest absolute Gasteiger partial charge is 0.293 e. The van der Waals surface area contributed by atoms with Gasteiger partial charge in [-0.05, 0) is 60.5 Å². The van der Waals surface area contributed by atoms with Crippen molar-refractivity contribution in [2.45, 2.75) is 65.0 Å². The van der Waals surface area contributed by atoms with Crippen molar-refractivity contribution in [2.75, 3.05) is 19.6 Å². The normalized spacial score (nSPS) is 15.1. The molecule has 1 aromatic heterocycles. The van der Waals surface area contributed by atoms with Crippen LogP contribution >= 0.6 is 11.3 Å². The highest BCUT2D eigenvalue weighted by atomic mass is 32.1. The van der Waals surface area contributed by atoms with Gasteiger partial charge in [0.05, 0.1) is 11.0 Å². The molecule has 0 bridgehead atoms. The first-order chi connectivity index (χ1) is 15.7. The number of ketones is 1. The molecular weight excluding hydrogens is 438 g/mol. The highest BCUT2D eigenvalue weighted by Gasteiger charge is 2.28. The lowest BCUT2D eigenvalue weighted by Gasteiger charge is -2.26. The Morgan fingerprint density at radius 1 is 1.24 bits per heavy atom. The lowest BCUT2D eigenvalue weighted by Crippen LogP contribution is -2.43. The molecule has 1 atom stereocenters. The van der Waals surface area contributed by atoms with Crippen LogP contribution in [-0.4, -0.2) is 59.3 Å². The molecule has 0 aliphatic carbocycles. The van der Waals surface area contributed by atoms with Crippen LogP contribution in [0, 0.1) is 0 Å². The van der Waals surface area contributed by atoms with Crippen molar-refractivity contribution in [2.24, 2.45) is 0 Å². The maximum absolute atomic E-state index is 13.0. The molecule has 0 saturated carbocycles. The standard InChI is InChI=1S/C20H25N3O2S.C5H10O2/c1-3-23(14(2)18(24)15-7-5-4-6-8-15)20(25)17-13-26-19(22-17)16-9-11-21-12-10-16;1-5(2,3)7-4-6/h4-8,13-14,16,21H,3,9-12H2,1-2H3;4H,1-3H3. The summed E-state index contributed by atoms with van der Waals surface area (Å²) < 4.78 is 4.55. The number of ether oxygens (including phenoxy) is 1. The van der Waals surface area contributed by atoms with Gasteiger partial charge in [-0.25, -0.2) is 4.98 Å². The van der Waals surface area contributed by atoms with E-state index in [1.54, 1.807) is 35.3 Å². The summed E-state index contributed by atoms with van der Waals surface area (Å²) in [5.74, 6) is 0.219. The molecule has 1 N–H and O–H groups in total. The molecule has 3 rings (SSSR count). The van der Waals surface area contributed by atoms with Crippen LogP contribution in [0.15, 0.2) is 35.7 Å². The lowest BCUT2D eigenvalue weighted by atomic mass is 9.99. The Balaban J connectivity index is 0.000000479. The van der Waals surface area contributed by atoms with E-state index in [-0.39, 0.29) is 17.3 Å². The van der Waals surface area contributed by atoms with E-state index in [1.807, 2.05) is 51.3 Å². The Morgan fingerprint density at radius 2 is 1.88 bits per heavy atom. The molecular formula is C25H35N3O4S. The average Bonchev–Trinajstić information content (AvgIpc) is 3.30. The summed E-state index contributed by atoms with van der Waals surface area (Å²) in [6.07, 6.45) is 2.11. The molecule has 1 amide bonds. The van der Waals surface area contributed by atoms with Crippen LogP contribution in [0.2, 0.25) is 0 Å². The van der Waals surface area contributed by atoms with Gasteiger partial charge in [0, 0.05) is 23.4 Å². The minimum absolute atomic E-state index is 0.0467. The second kappa shape index (κ2) is 12.6. The first-order valence-corrected chi connectivity index (χ1v) is 12.2. The number of likely N-dealkylation sites (N-methyl/N-ethyl adjacent to an activating group) is 1. The van der Waals surface area contributed by atoms with Crippen molar-refractivity contribution in [3.63, 3.8) is 0 Å². The molecule has 1 aliphatic heterocycles. The molecule has 180 valence electrons. The van der Waals surface area contributed by atoms with Gasteiger partial charge in [0.1, 0.15) is 11.3 Å². The first-order valence-electron chi connectivity index (χ1n) is 11.4. The quantitative estimate of drug-likeness (QED) is 0.476. The van der Waals surface area contributed by atoms with Crippen LogP contribution < -0.4 is 5.32 Å². The number of nitrogens with one attached hydrogen (secondary N) is 1. The summed E-state index contributed by atoms with van der Waals surface area (Å²) in [7, 11) is 0. The third-order valence-electron chi connectivity index (χ3n) is 5.34. The SMILES string of the molecule is CC(C)(C)OC=O.CCN(C(=O)c1csc(C2CCNCC2)n1)C(C)C(=O)c1ccccc1. The molecule has 2 heterocycles. The molecule has 8 heteroatoms. The predicted octanol–water partition coefficient (Wildman–Crippen LogP) is 4.30. The lowest BCUT2D eigenvalue weighted by molar-refractivity contribution is -0.138. The summed E-state index contributed by atoms with van der Waals surface area (Å²) in [4.78, 5) is 41.5. The van der Waals surface area contributed by atoms with E-state index in [0.29, 0.717) is 30.2 Å². The molecule has 1 aliphatic rings. The number of rotatable bonds is 7. The van der Waals surface area contributed by atoms with Crippen LogP contribution in [0.25, 0.3) is 0 Å². The van der Waals surface area contributed by atoms with Crippen LogP contribution in [-0.2, 0) is 9.53 Å². The fourth-order valence-corrected chi connectivity index (χ4v) is 4.48. The molecule has 1 fully saturated rings. The van der Waals surface area contributed by atoms with Gasteiger partial charge in [-0.1, -0.05) is 30.3 Å². The van der Waals surface area contributed by atoms with Gasteiger partial charge in [0.15, 0.2) is 5.78 Å². The molecule has 1 aromatic carbocycles. The topological polar surface area (TPSA) is 88.6 Å². The number of aromatic nitrogens is 1. The summed E-state index contributed by atoms with van der Waals surface area (Å²) in [6, 6.07) is 8.61. The first kappa shape index (κ1) is 26.7. The fraction of sp³-hybridized carbons (Fsp3) is 0.520. The van der Waals surface area contributed by atoms with E-state index in [4.69, 9.17) is 0 Å². The number of thiazole rings is 1. The zero-order chi connectivity index (χ0) is 24.4. The number of Topliss-reactive ketones (excluding diaryl/α,β-unsaturated/α-hetero) is 1. The van der Waals surface area contributed by atoms with Gasteiger partial charge in [-0.2, -0.15) is 0 Å². The molecule has 1 unspecified atom stereocenters. The number of hydrogen-bond acceptors (Lipinski definition) is 7. The predicted molar refractivity (Wildman–Crippen MR) is 131 cm³/mol. The maximum atomic E-state index is 13.0. The fourth-order valence-electron chi connectivity index (χ4n) is 3.51. The van der Waals surface area contributed by atoms with Crippen molar-refractivity contribution in [3.05, 3.63) is 52.0 Å². The van der Waals surface area contributed by atoms with Crippen LogP contribution in [0.1, 0.15) is 79.2 Å². The molecule has 0 radical (unpaired) electrons. The number of carbonyl (C=O) groups is 3. The van der Waals surface area contributed by atoms with Crippen molar-refractivity contribution < 1.29 is 19.1 Å². The van der Waals surface area contributed by atoms with E-state index >= 15 is 0 Å². The van der Waals surface area contributed by atoms with Gasteiger partial charge in [0.25, 0.3) is 12.4 Å². The van der Waals surface area contributed by atoms with Crippen molar-refractivity contribution in [3.8, 4) is 0 Å². The molecule has 0 spiro atoms. The number of nitrogens with zero attached hydrogens (tertiary/aromatic N) is 2. The molecule has 33 heavy (non-hydrogen) atoms. The number of piperidine rings is 1. The molecule has 1 saturated heterocycles. The third kappa shape index (κ3) is 8.05. The maximum Gasteiger partial charge on any atom is 0.293 e. The minimum atomic E-state index is -0.515. The highest BCUT2D eigenvalue weighted by Crippen LogP contribution is 2.28. The minimum Gasteiger partial charge on any atom is -0.462 e. The zero-order valence-corrected chi connectivity index (χ0v) is 21.0. The Hall–Kier alpha value is -2.58.